The molecule has 0 aliphatic heterocycles. The number of benzene rings is 1. The fourth-order valence-corrected chi connectivity index (χ4v) is 2.12. The van der Waals surface area contributed by atoms with Crippen molar-refractivity contribution in [2.45, 2.75) is 26.3 Å². The minimum atomic E-state index is 0.214. The van der Waals surface area contributed by atoms with Crippen LogP contribution in [0.1, 0.15) is 31.0 Å². The van der Waals surface area contributed by atoms with Gasteiger partial charge in [-0.05, 0) is 18.9 Å². The predicted octanol–water partition coefficient (Wildman–Crippen LogP) is 3.25. The lowest BCUT2D eigenvalue weighted by Gasteiger charge is -2.18. The van der Waals surface area contributed by atoms with Gasteiger partial charge in [-0.3, -0.25) is 0 Å². The molecule has 2 aromatic rings. The van der Waals surface area contributed by atoms with Crippen LogP contribution in [0.2, 0.25) is 0 Å². The van der Waals surface area contributed by atoms with Crippen LogP contribution in [0.5, 0.6) is 0 Å². The highest BCUT2D eigenvalue weighted by molar-refractivity contribution is 5.57. The van der Waals surface area contributed by atoms with Crippen LogP contribution in [0, 0.1) is 0 Å². The molecule has 1 unspecified atom stereocenters. The van der Waals surface area contributed by atoms with Crippen molar-refractivity contribution in [1.82, 2.24) is 9.97 Å². The molecule has 0 amide bonds. The summed E-state index contributed by atoms with van der Waals surface area (Å²) >= 11 is 0. The third-order valence-corrected chi connectivity index (χ3v) is 3.19. The molecule has 0 aliphatic carbocycles. The number of anilines is 2. The van der Waals surface area contributed by atoms with E-state index in [1.165, 1.54) is 5.56 Å². The van der Waals surface area contributed by atoms with Gasteiger partial charge in [0.25, 0.3) is 0 Å². The monoisotopic (exact) mass is 256 g/mol. The Balaban J connectivity index is 2.24. The lowest BCUT2D eigenvalue weighted by Crippen LogP contribution is -2.11. The molecule has 0 spiro atoms. The summed E-state index contributed by atoms with van der Waals surface area (Å²) in [6, 6.07) is 10.6. The molecule has 4 nitrogen and oxygen atoms in total. The highest BCUT2D eigenvalue weighted by Gasteiger charge is 2.11. The predicted molar refractivity (Wildman–Crippen MR) is 79.4 cm³/mol. The van der Waals surface area contributed by atoms with Gasteiger partial charge in [0, 0.05) is 18.7 Å². The second kappa shape index (κ2) is 6.18. The average Bonchev–Trinajstić information content (AvgIpc) is 2.47. The summed E-state index contributed by atoms with van der Waals surface area (Å²) in [5.41, 5.74) is 2.36. The highest BCUT2D eigenvalue weighted by Crippen LogP contribution is 2.24. The van der Waals surface area contributed by atoms with Gasteiger partial charge in [-0.25, -0.2) is 9.97 Å². The summed E-state index contributed by atoms with van der Waals surface area (Å²) in [5.74, 6) is 1.79. The third kappa shape index (κ3) is 3.02. The summed E-state index contributed by atoms with van der Waals surface area (Å²) in [4.78, 5) is 8.61. The average molecular weight is 256 g/mol. The minimum Gasteiger partial charge on any atom is -0.373 e. The maximum atomic E-state index is 4.36. The summed E-state index contributed by atoms with van der Waals surface area (Å²) in [7, 11) is 1.88. The Labute approximate surface area is 114 Å². The Morgan fingerprint density at radius 1 is 1.11 bits per heavy atom. The molecule has 19 heavy (non-hydrogen) atoms. The molecular weight excluding hydrogens is 236 g/mol. The van der Waals surface area contributed by atoms with Crippen LogP contribution in [0.3, 0.4) is 0 Å². The number of rotatable bonds is 5. The van der Waals surface area contributed by atoms with E-state index in [9.17, 15) is 0 Å². The van der Waals surface area contributed by atoms with E-state index in [4.69, 9.17) is 0 Å². The summed E-state index contributed by atoms with van der Waals surface area (Å²) in [5, 5.41) is 6.57. The Bertz CT molecular complexity index is 525. The van der Waals surface area contributed by atoms with Gasteiger partial charge in [0.1, 0.15) is 18.0 Å². The van der Waals surface area contributed by atoms with Crippen LogP contribution >= 0.6 is 0 Å². The van der Waals surface area contributed by atoms with E-state index in [2.05, 4.69) is 46.6 Å². The number of hydrogen-bond donors (Lipinski definition) is 2. The molecule has 1 heterocycles. The van der Waals surface area contributed by atoms with Crippen molar-refractivity contribution in [3.8, 4) is 0 Å². The first-order valence-corrected chi connectivity index (χ1v) is 6.59. The number of nitrogens with zero attached hydrogens (tertiary/aromatic N) is 2. The van der Waals surface area contributed by atoms with E-state index in [0.717, 1.165) is 23.6 Å². The maximum absolute atomic E-state index is 4.36. The molecule has 1 aromatic carbocycles. The van der Waals surface area contributed by atoms with E-state index in [-0.39, 0.29) is 6.04 Å². The van der Waals surface area contributed by atoms with Gasteiger partial charge in [0.15, 0.2) is 0 Å². The Kier molecular flexibility index (Phi) is 4.34. The first-order valence-electron chi connectivity index (χ1n) is 6.59. The molecule has 0 saturated heterocycles. The molecule has 0 bridgehead atoms. The second-order valence-electron chi connectivity index (χ2n) is 4.43. The van der Waals surface area contributed by atoms with Gasteiger partial charge < -0.3 is 10.6 Å². The SMILES string of the molecule is CCc1c(NC)ncnc1NC(C)c1ccccc1. The van der Waals surface area contributed by atoms with Gasteiger partial charge in [0.05, 0.1) is 0 Å². The van der Waals surface area contributed by atoms with Crippen molar-refractivity contribution in [3.05, 3.63) is 47.8 Å². The molecule has 2 N–H and O–H groups in total. The van der Waals surface area contributed by atoms with Crippen molar-refractivity contribution in [2.75, 3.05) is 17.7 Å². The van der Waals surface area contributed by atoms with Crippen LogP contribution < -0.4 is 10.6 Å². The van der Waals surface area contributed by atoms with Gasteiger partial charge >= 0.3 is 0 Å². The first kappa shape index (κ1) is 13.3. The molecule has 1 aromatic heterocycles. The van der Waals surface area contributed by atoms with Gasteiger partial charge in [-0.1, -0.05) is 37.3 Å². The first-order chi connectivity index (χ1) is 9.26. The van der Waals surface area contributed by atoms with Crippen LogP contribution in [-0.4, -0.2) is 17.0 Å². The standard InChI is InChI=1S/C15H20N4/c1-4-13-14(16-3)17-10-18-15(13)19-11(2)12-8-6-5-7-9-12/h5-11H,4H2,1-3H3,(H2,16,17,18,19). The molecular formula is C15H20N4. The zero-order chi connectivity index (χ0) is 13.7. The largest absolute Gasteiger partial charge is 0.373 e. The zero-order valence-electron chi connectivity index (χ0n) is 11.6. The minimum absolute atomic E-state index is 0.214. The molecule has 100 valence electrons. The fourth-order valence-electron chi connectivity index (χ4n) is 2.12. The van der Waals surface area contributed by atoms with Crippen molar-refractivity contribution in [3.63, 3.8) is 0 Å². The quantitative estimate of drug-likeness (QED) is 0.862. The van der Waals surface area contributed by atoms with Crippen LogP contribution in [0.4, 0.5) is 11.6 Å². The van der Waals surface area contributed by atoms with E-state index in [1.54, 1.807) is 6.33 Å². The van der Waals surface area contributed by atoms with Gasteiger partial charge in [-0.15, -0.1) is 0 Å². The molecule has 0 aliphatic rings. The van der Waals surface area contributed by atoms with E-state index in [0.29, 0.717) is 0 Å². The molecule has 0 saturated carbocycles. The number of nitrogens with one attached hydrogen (secondary N) is 2. The smallest absolute Gasteiger partial charge is 0.135 e. The van der Waals surface area contributed by atoms with Crippen molar-refractivity contribution in [2.24, 2.45) is 0 Å². The Morgan fingerprint density at radius 2 is 1.79 bits per heavy atom. The maximum Gasteiger partial charge on any atom is 0.135 e. The number of hydrogen-bond acceptors (Lipinski definition) is 4. The van der Waals surface area contributed by atoms with Crippen molar-refractivity contribution in [1.29, 1.82) is 0 Å². The van der Waals surface area contributed by atoms with E-state index >= 15 is 0 Å². The van der Waals surface area contributed by atoms with Crippen molar-refractivity contribution >= 4 is 11.6 Å². The molecule has 4 heteroatoms. The number of aromatic nitrogens is 2. The van der Waals surface area contributed by atoms with Gasteiger partial charge in [-0.2, -0.15) is 0 Å². The lowest BCUT2D eigenvalue weighted by molar-refractivity contribution is 0.863. The van der Waals surface area contributed by atoms with Crippen molar-refractivity contribution < 1.29 is 0 Å². The lowest BCUT2D eigenvalue weighted by atomic mass is 10.1. The van der Waals surface area contributed by atoms with Crippen LogP contribution in [0.25, 0.3) is 0 Å². The van der Waals surface area contributed by atoms with E-state index < -0.39 is 0 Å². The zero-order valence-corrected chi connectivity index (χ0v) is 11.6. The third-order valence-electron chi connectivity index (χ3n) is 3.19. The molecule has 0 radical (unpaired) electrons. The molecule has 1 atom stereocenters. The molecule has 2 rings (SSSR count). The summed E-state index contributed by atoms with van der Waals surface area (Å²) in [6.07, 6.45) is 2.48. The van der Waals surface area contributed by atoms with Crippen LogP contribution in [0.15, 0.2) is 36.7 Å². The summed E-state index contributed by atoms with van der Waals surface area (Å²) < 4.78 is 0. The Morgan fingerprint density at radius 3 is 2.42 bits per heavy atom. The summed E-state index contributed by atoms with van der Waals surface area (Å²) in [6.45, 7) is 4.24. The van der Waals surface area contributed by atoms with Crippen LogP contribution in [-0.2, 0) is 6.42 Å². The highest BCUT2D eigenvalue weighted by atomic mass is 15.1. The fraction of sp³-hybridized carbons (Fsp3) is 0.333. The normalized spacial score (nSPS) is 11.9. The topological polar surface area (TPSA) is 49.8 Å². The van der Waals surface area contributed by atoms with E-state index in [1.807, 2.05) is 25.2 Å². The van der Waals surface area contributed by atoms with Gasteiger partial charge in [0.2, 0.25) is 0 Å². The second-order valence-corrected chi connectivity index (χ2v) is 4.43. The molecule has 0 fully saturated rings. The Hall–Kier alpha value is -2.10.